The lowest BCUT2D eigenvalue weighted by Crippen LogP contribution is -2.36. The van der Waals surface area contributed by atoms with Crippen molar-refractivity contribution in [3.8, 4) is 11.5 Å². The summed E-state index contributed by atoms with van der Waals surface area (Å²) in [6, 6.07) is 15.4. The van der Waals surface area contributed by atoms with E-state index < -0.39 is 6.10 Å². The van der Waals surface area contributed by atoms with Crippen molar-refractivity contribution in [2.75, 3.05) is 33.4 Å². The molecule has 2 N–H and O–H groups in total. The van der Waals surface area contributed by atoms with Crippen molar-refractivity contribution in [1.82, 2.24) is 14.0 Å². The maximum atomic E-state index is 10.7. The first kappa shape index (κ1) is 24.2. The molecule has 32 heavy (non-hydrogen) atoms. The molecule has 0 bridgehead atoms. The normalized spacial score (nSPS) is 15.3. The Bertz CT molecular complexity index is 1060. The molecule has 0 amide bonds. The van der Waals surface area contributed by atoms with E-state index in [0.717, 1.165) is 37.2 Å². The summed E-state index contributed by atoms with van der Waals surface area (Å²) in [5.41, 5.74) is 2.40. The topological polar surface area (TPSA) is 75.6 Å². The number of likely N-dealkylation sites (tertiary alicyclic amines) is 1. The fourth-order valence-electron chi connectivity index (χ4n) is 4.32. The van der Waals surface area contributed by atoms with Crippen LogP contribution in [0.2, 0.25) is 0 Å². The van der Waals surface area contributed by atoms with Crippen molar-refractivity contribution < 1.29 is 14.6 Å². The highest BCUT2D eigenvalue weighted by atomic mass is 35.5. The van der Waals surface area contributed by atoms with Crippen LogP contribution in [-0.4, -0.2) is 58.6 Å². The zero-order chi connectivity index (χ0) is 21.6. The summed E-state index contributed by atoms with van der Waals surface area (Å²) in [6.07, 6.45) is 3.10. The predicted molar refractivity (Wildman–Crippen MR) is 128 cm³/mol. The van der Waals surface area contributed by atoms with E-state index in [0.29, 0.717) is 23.7 Å². The first-order chi connectivity index (χ1) is 15.2. The number of benzene rings is 2. The zero-order valence-corrected chi connectivity index (χ0v) is 19.4. The van der Waals surface area contributed by atoms with Crippen LogP contribution < -0.4 is 15.1 Å². The Morgan fingerprint density at radius 2 is 1.53 bits per heavy atom. The minimum atomic E-state index is -0.750. The molecular weight excluding hydrogens is 428 g/mol. The Kier molecular flexibility index (Phi) is 8.61. The second-order valence-corrected chi connectivity index (χ2v) is 8.09. The van der Waals surface area contributed by atoms with Gasteiger partial charge in [0.25, 0.3) is 0 Å². The number of nitrogens with one attached hydrogen (secondary N) is 1. The molecule has 7 nitrogen and oxygen atoms in total. The standard InChI is InChI=1S/C24H32N4O3.ClH/c1-30-22-11-5-6-12-23(22)31-18-19(29)17-28-21-10-4-3-9-20(21)27(24(28)25)16-15-26-13-7-2-8-14-26;/h3-6,9-12,19,25,29H,2,7-8,13-18H2,1H3;1H. The van der Waals surface area contributed by atoms with Gasteiger partial charge >= 0.3 is 0 Å². The number of hydrogen-bond donors (Lipinski definition) is 2. The van der Waals surface area contributed by atoms with E-state index in [9.17, 15) is 5.11 Å². The zero-order valence-electron chi connectivity index (χ0n) is 18.6. The second kappa shape index (κ2) is 11.4. The highest BCUT2D eigenvalue weighted by Crippen LogP contribution is 2.26. The first-order valence-electron chi connectivity index (χ1n) is 11.1. The van der Waals surface area contributed by atoms with Crippen LogP contribution in [0.25, 0.3) is 11.0 Å². The number of aliphatic hydroxyl groups is 1. The maximum Gasteiger partial charge on any atom is 0.203 e. The highest BCUT2D eigenvalue weighted by Gasteiger charge is 2.16. The smallest absolute Gasteiger partial charge is 0.203 e. The van der Waals surface area contributed by atoms with Crippen molar-refractivity contribution in [2.24, 2.45) is 0 Å². The molecule has 1 saturated heterocycles. The van der Waals surface area contributed by atoms with Gasteiger partial charge in [-0.05, 0) is 50.2 Å². The van der Waals surface area contributed by atoms with Crippen LogP contribution in [0.3, 0.4) is 0 Å². The molecule has 1 aliphatic rings. The minimum Gasteiger partial charge on any atom is -0.493 e. The van der Waals surface area contributed by atoms with E-state index in [1.54, 1.807) is 7.11 Å². The van der Waals surface area contributed by atoms with Crippen molar-refractivity contribution in [3.05, 3.63) is 54.1 Å². The van der Waals surface area contributed by atoms with Crippen LogP contribution in [0, 0.1) is 5.41 Å². The monoisotopic (exact) mass is 460 g/mol. The molecule has 2 aromatic carbocycles. The van der Waals surface area contributed by atoms with E-state index in [4.69, 9.17) is 14.9 Å². The fourth-order valence-corrected chi connectivity index (χ4v) is 4.32. The van der Waals surface area contributed by atoms with Crippen molar-refractivity contribution in [3.63, 3.8) is 0 Å². The molecule has 1 aliphatic heterocycles. The van der Waals surface area contributed by atoms with Gasteiger partial charge in [0, 0.05) is 13.1 Å². The summed E-state index contributed by atoms with van der Waals surface area (Å²) < 4.78 is 15.0. The Balaban J connectivity index is 0.00000289. The van der Waals surface area contributed by atoms with E-state index in [1.165, 1.54) is 19.3 Å². The lowest BCUT2D eigenvalue weighted by atomic mass is 10.1. The van der Waals surface area contributed by atoms with Crippen LogP contribution in [0.4, 0.5) is 0 Å². The van der Waals surface area contributed by atoms with Gasteiger partial charge < -0.3 is 28.6 Å². The number of imidazole rings is 1. The molecule has 1 aromatic heterocycles. The number of aromatic nitrogens is 2. The number of fused-ring (bicyclic) bond motifs is 1. The van der Waals surface area contributed by atoms with Gasteiger partial charge in [-0.2, -0.15) is 0 Å². The molecule has 3 aromatic rings. The van der Waals surface area contributed by atoms with Gasteiger partial charge in [-0.1, -0.05) is 30.7 Å². The molecule has 0 radical (unpaired) electrons. The van der Waals surface area contributed by atoms with Crippen LogP contribution in [0.1, 0.15) is 19.3 Å². The largest absolute Gasteiger partial charge is 0.493 e. The van der Waals surface area contributed by atoms with E-state index in [-0.39, 0.29) is 19.0 Å². The number of para-hydroxylation sites is 4. The second-order valence-electron chi connectivity index (χ2n) is 8.09. The summed E-state index contributed by atoms with van der Waals surface area (Å²) in [5, 5.41) is 19.4. The number of hydrogen-bond acceptors (Lipinski definition) is 5. The van der Waals surface area contributed by atoms with Crippen molar-refractivity contribution >= 4 is 23.4 Å². The van der Waals surface area contributed by atoms with Crippen molar-refractivity contribution in [2.45, 2.75) is 38.5 Å². The van der Waals surface area contributed by atoms with Gasteiger partial charge in [-0.15, -0.1) is 12.4 Å². The third-order valence-corrected chi connectivity index (χ3v) is 5.96. The van der Waals surface area contributed by atoms with Gasteiger partial charge in [-0.25, -0.2) is 0 Å². The number of piperidine rings is 1. The van der Waals surface area contributed by atoms with E-state index in [2.05, 4.69) is 15.5 Å². The predicted octanol–water partition coefficient (Wildman–Crippen LogP) is 3.28. The molecule has 0 aliphatic carbocycles. The highest BCUT2D eigenvalue weighted by molar-refractivity contribution is 5.85. The van der Waals surface area contributed by atoms with Crippen molar-refractivity contribution in [1.29, 1.82) is 5.41 Å². The molecule has 0 saturated carbocycles. The first-order valence-corrected chi connectivity index (χ1v) is 11.1. The number of aliphatic hydroxyl groups excluding tert-OH is 1. The average Bonchev–Trinajstić information content (AvgIpc) is 3.08. The van der Waals surface area contributed by atoms with E-state index >= 15 is 0 Å². The molecular formula is C24H33ClN4O3. The quantitative estimate of drug-likeness (QED) is 0.514. The Labute approximate surface area is 195 Å². The van der Waals surface area contributed by atoms with Gasteiger partial charge in [0.2, 0.25) is 5.62 Å². The Morgan fingerprint density at radius 3 is 2.22 bits per heavy atom. The molecule has 174 valence electrons. The minimum absolute atomic E-state index is 0. The number of ether oxygens (including phenoxy) is 2. The summed E-state index contributed by atoms with van der Waals surface area (Å²) in [6.45, 7) is 4.44. The maximum absolute atomic E-state index is 10.7. The summed E-state index contributed by atoms with van der Waals surface area (Å²) in [5.74, 6) is 1.24. The van der Waals surface area contributed by atoms with E-state index in [1.807, 2.05) is 47.0 Å². The summed E-state index contributed by atoms with van der Waals surface area (Å²) in [4.78, 5) is 2.48. The molecule has 1 fully saturated rings. The SMILES string of the molecule is COc1ccccc1OCC(O)Cn1c(=N)n(CCN2CCCCC2)c2ccccc21.Cl. The van der Waals surface area contributed by atoms with Crippen LogP contribution in [0.15, 0.2) is 48.5 Å². The number of nitrogens with zero attached hydrogens (tertiary/aromatic N) is 3. The Morgan fingerprint density at radius 1 is 0.906 bits per heavy atom. The molecule has 1 unspecified atom stereocenters. The van der Waals surface area contributed by atoms with Gasteiger partial charge in [0.05, 0.1) is 24.7 Å². The van der Waals surface area contributed by atoms with Crippen LogP contribution >= 0.6 is 12.4 Å². The lowest BCUT2D eigenvalue weighted by Gasteiger charge is -2.26. The van der Waals surface area contributed by atoms with Gasteiger partial charge in [0.15, 0.2) is 11.5 Å². The lowest BCUT2D eigenvalue weighted by molar-refractivity contribution is 0.0905. The van der Waals surface area contributed by atoms with Gasteiger partial charge in [-0.3, -0.25) is 5.41 Å². The summed E-state index contributed by atoms with van der Waals surface area (Å²) in [7, 11) is 1.60. The fraction of sp³-hybridized carbons (Fsp3) is 0.458. The third-order valence-electron chi connectivity index (χ3n) is 5.96. The summed E-state index contributed by atoms with van der Waals surface area (Å²) >= 11 is 0. The molecule has 2 heterocycles. The molecule has 8 heteroatoms. The van der Waals surface area contributed by atoms with Crippen LogP contribution in [-0.2, 0) is 13.1 Å². The number of rotatable bonds is 9. The molecule has 1 atom stereocenters. The number of halogens is 1. The van der Waals surface area contributed by atoms with Gasteiger partial charge in [0.1, 0.15) is 12.7 Å². The number of methoxy groups -OCH3 is 1. The molecule has 4 rings (SSSR count). The Hall–Kier alpha value is -2.48. The third kappa shape index (κ3) is 5.46. The average molecular weight is 461 g/mol. The van der Waals surface area contributed by atoms with Crippen LogP contribution in [0.5, 0.6) is 11.5 Å². The molecule has 0 spiro atoms.